The van der Waals surface area contributed by atoms with Crippen molar-refractivity contribution in [1.29, 1.82) is 0 Å². The third-order valence-corrected chi connectivity index (χ3v) is 6.17. The number of rotatable bonds is 4. The Hall–Kier alpha value is -4.20. The van der Waals surface area contributed by atoms with Crippen molar-refractivity contribution in [2.45, 2.75) is 37.8 Å². The summed E-state index contributed by atoms with van der Waals surface area (Å²) in [6, 6.07) is 16.1. The number of para-hydroxylation sites is 2. The Balaban J connectivity index is 1.36. The van der Waals surface area contributed by atoms with E-state index in [1.54, 1.807) is 48.5 Å². The molecule has 8 nitrogen and oxygen atoms in total. The van der Waals surface area contributed by atoms with E-state index < -0.39 is 35.1 Å². The second kappa shape index (κ2) is 8.97. The van der Waals surface area contributed by atoms with Crippen molar-refractivity contribution in [1.82, 2.24) is 10.6 Å². The zero-order valence-electron chi connectivity index (χ0n) is 18.2. The van der Waals surface area contributed by atoms with Crippen LogP contribution in [0.3, 0.4) is 0 Å². The van der Waals surface area contributed by atoms with Crippen LogP contribution in [0.1, 0.15) is 46.4 Å². The van der Waals surface area contributed by atoms with Gasteiger partial charge in [-0.15, -0.1) is 0 Å². The maximum Gasteiger partial charge on any atom is 0.349 e. The molecule has 0 spiro atoms. The summed E-state index contributed by atoms with van der Waals surface area (Å²) < 4.78 is 10.5. The third kappa shape index (κ3) is 4.22. The smallest absolute Gasteiger partial charge is 0.349 e. The summed E-state index contributed by atoms with van der Waals surface area (Å²) in [4.78, 5) is 50.6. The fourth-order valence-electron chi connectivity index (χ4n) is 4.41. The van der Waals surface area contributed by atoms with Crippen molar-refractivity contribution in [2.24, 2.45) is 0 Å². The minimum absolute atomic E-state index is 0.0930. The molecule has 2 aromatic heterocycles. The summed E-state index contributed by atoms with van der Waals surface area (Å²) >= 11 is 0. The molecule has 0 radical (unpaired) electrons. The Morgan fingerprint density at radius 2 is 1.09 bits per heavy atom. The molecule has 5 rings (SSSR count). The van der Waals surface area contributed by atoms with E-state index in [0.29, 0.717) is 34.8 Å². The summed E-state index contributed by atoms with van der Waals surface area (Å²) in [5, 5.41) is 7.04. The van der Waals surface area contributed by atoms with E-state index in [-0.39, 0.29) is 11.1 Å². The van der Waals surface area contributed by atoms with Crippen LogP contribution in [0.5, 0.6) is 0 Å². The van der Waals surface area contributed by atoms with Crippen LogP contribution in [0, 0.1) is 0 Å². The SMILES string of the molecule is O=C(N[C@H]1CCCC[C@@H]1NC(=O)c1cc2ccccc2oc1=O)c1cc2ccccc2oc1=O. The predicted octanol–water partition coefficient (Wildman–Crippen LogP) is 3.37. The summed E-state index contributed by atoms with van der Waals surface area (Å²) in [6.45, 7) is 0. The molecule has 2 N–H and O–H groups in total. The van der Waals surface area contributed by atoms with E-state index in [1.807, 2.05) is 0 Å². The summed E-state index contributed by atoms with van der Waals surface area (Å²) in [7, 11) is 0. The van der Waals surface area contributed by atoms with Gasteiger partial charge in [0.05, 0.1) is 0 Å². The van der Waals surface area contributed by atoms with Gasteiger partial charge >= 0.3 is 11.3 Å². The fraction of sp³-hybridized carbons (Fsp3) is 0.231. The van der Waals surface area contributed by atoms with Crippen LogP contribution in [0.4, 0.5) is 0 Å². The number of amides is 2. The van der Waals surface area contributed by atoms with Gasteiger partial charge in [0, 0.05) is 22.9 Å². The average molecular weight is 458 g/mol. The Labute approximate surface area is 193 Å². The second-order valence-corrected chi connectivity index (χ2v) is 8.42. The molecule has 2 aromatic carbocycles. The first-order chi connectivity index (χ1) is 16.5. The average Bonchev–Trinajstić information content (AvgIpc) is 2.84. The molecule has 2 atom stereocenters. The zero-order chi connectivity index (χ0) is 23.7. The van der Waals surface area contributed by atoms with Gasteiger partial charge in [0.15, 0.2) is 0 Å². The molecule has 0 bridgehead atoms. The standard InChI is InChI=1S/C26H22N2O6/c29-23(17-13-15-7-1-5-11-21(15)33-25(17)31)27-19-9-3-4-10-20(19)28-24(30)18-14-16-8-2-6-12-22(16)34-26(18)32/h1-2,5-8,11-14,19-20H,3-4,9-10H2,(H,27,29)(H,28,30)/t19-,20-/m0/s1. The molecular weight excluding hydrogens is 436 g/mol. The van der Waals surface area contributed by atoms with Gasteiger partial charge in [-0.05, 0) is 37.1 Å². The van der Waals surface area contributed by atoms with Gasteiger partial charge in [-0.25, -0.2) is 9.59 Å². The first-order valence-corrected chi connectivity index (χ1v) is 11.2. The van der Waals surface area contributed by atoms with E-state index in [2.05, 4.69) is 10.6 Å². The summed E-state index contributed by atoms with van der Waals surface area (Å²) in [6.07, 6.45) is 2.98. The molecule has 172 valence electrons. The molecular formula is C26H22N2O6. The van der Waals surface area contributed by atoms with E-state index >= 15 is 0 Å². The topological polar surface area (TPSA) is 119 Å². The molecule has 0 saturated heterocycles. The molecule has 2 heterocycles. The first-order valence-electron chi connectivity index (χ1n) is 11.2. The number of nitrogens with one attached hydrogen (secondary N) is 2. The predicted molar refractivity (Wildman–Crippen MR) is 126 cm³/mol. The number of carbonyl (C=O) groups excluding carboxylic acids is 2. The highest BCUT2D eigenvalue weighted by Crippen LogP contribution is 2.20. The highest BCUT2D eigenvalue weighted by atomic mass is 16.4. The van der Waals surface area contributed by atoms with Crippen molar-refractivity contribution in [3.63, 3.8) is 0 Å². The molecule has 1 fully saturated rings. The van der Waals surface area contributed by atoms with Crippen LogP contribution in [0.25, 0.3) is 21.9 Å². The first kappa shape index (κ1) is 21.6. The zero-order valence-corrected chi connectivity index (χ0v) is 18.2. The number of hydrogen-bond acceptors (Lipinski definition) is 6. The van der Waals surface area contributed by atoms with Crippen LogP contribution in [0.2, 0.25) is 0 Å². The summed E-state index contributed by atoms with van der Waals surface area (Å²) in [5.41, 5.74) is -0.820. The van der Waals surface area contributed by atoms with Gasteiger partial charge in [0.2, 0.25) is 0 Å². The lowest BCUT2D eigenvalue weighted by molar-refractivity contribution is 0.0859. The highest BCUT2D eigenvalue weighted by molar-refractivity contribution is 5.98. The molecule has 2 amide bonds. The quantitative estimate of drug-likeness (QED) is 0.453. The highest BCUT2D eigenvalue weighted by Gasteiger charge is 2.30. The number of hydrogen-bond donors (Lipinski definition) is 2. The van der Waals surface area contributed by atoms with Crippen LogP contribution >= 0.6 is 0 Å². The molecule has 34 heavy (non-hydrogen) atoms. The van der Waals surface area contributed by atoms with E-state index in [4.69, 9.17) is 8.83 Å². The van der Waals surface area contributed by atoms with Crippen molar-refractivity contribution in [2.75, 3.05) is 0 Å². The molecule has 4 aromatic rings. The lowest BCUT2D eigenvalue weighted by atomic mass is 9.89. The Morgan fingerprint density at radius 3 is 1.53 bits per heavy atom. The maximum atomic E-state index is 12.9. The van der Waals surface area contributed by atoms with E-state index in [9.17, 15) is 19.2 Å². The van der Waals surface area contributed by atoms with Crippen molar-refractivity contribution < 1.29 is 18.4 Å². The van der Waals surface area contributed by atoms with Crippen LogP contribution in [0.15, 0.2) is 79.1 Å². The Morgan fingerprint density at radius 1 is 0.676 bits per heavy atom. The van der Waals surface area contributed by atoms with Crippen molar-refractivity contribution in [3.05, 3.63) is 92.6 Å². The minimum atomic E-state index is -0.721. The third-order valence-electron chi connectivity index (χ3n) is 6.17. The minimum Gasteiger partial charge on any atom is -0.422 e. The van der Waals surface area contributed by atoms with Gasteiger partial charge in [0.1, 0.15) is 22.3 Å². The Bertz CT molecular complexity index is 1400. The number of carbonyl (C=O) groups is 2. The monoisotopic (exact) mass is 458 g/mol. The molecule has 1 aliphatic rings. The van der Waals surface area contributed by atoms with Crippen molar-refractivity contribution >= 4 is 33.8 Å². The summed E-state index contributed by atoms with van der Waals surface area (Å²) in [5.74, 6) is -1.12. The van der Waals surface area contributed by atoms with Crippen LogP contribution in [-0.4, -0.2) is 23.9 Å². The van der Waals surface area contributed by atoms with Gasteiger partial charge in [-0.3, -0.25) is 9.59 Å². The normalized spacial score (nSPS) is 18.0. The van der Waals surface area contributed by atoms with Crippen molar-refractivity contribution in [3.8, 4) is 0 Å². The molecule has 8 heteroatoms. The van der Waals surface area contributed by atoms with Crippen LogP contribution in [-0.2, 0) is 0 Å². The van der Waals surface area contributed by atoms with Crippen LogP contribution < -0.4 is 21.9 Å². The molecule has 1 saturated carbocycles. The molecule has 1 aliphatic carbocycles. The Kier molecular flexibility index (Phi) is 5.71. The van der Waals surface area contributed by atoms with Gasteiger partial charge in [0.25, 0.3) is 11.8 Å². The lowest BCUT2D eigenvalue weighted by Crippen LogP contribution is -2.54. The van der Waals surface area contributed by atoms with Gasteiger partial charge in [-0.2, -0.15) is 0 Å². The maximum absolute atomic E-state index is 12.9. The van der Waals surface area contributed by atoms with Gasteiger partial charge in [-0.1, -0.05) is 49.2 Å². The largest absolute Gasteiger partial charge is 0.422 e. The molecule has 0 unspecified atom stereocenters. The van der Waals surface area contributed by atoms with E-state index in [1.165, 1.54) is 12.1 Å². The fourth-order valence-corrected chi connectivity index (χ4v) is 4.41. The van der Waals surface area contributed by atoms with E-state index in [0.717, 1.165) is 12.8 Å². The number of fused-ring (bicyclic) bond motifs is 2. The lowest BCUT2D eigenvalue weighted by Gasteiger charge is -2.32. The number of benzene rings is 2. The second-order valence-electron chi connectivity index (χ2n) is 8.42. The van der Waals surface area contributed by atoms with Gasteiger partial charge < -0.3 is 19.5 Å². The molecule has 0 aliphatic heterocycles.